The van der Waals surface area contributed by atoms with Crippen LogP contribution in [0.25, 0.3) is 6.08 Å². The predicted molar refractivity (Wildman–Crippen MR) is 88.9 cm³/mol. The number of rotatable bonds is 6. The molecular weight excluding hydrogens is 298 g/mol. The number of benzene rings is 1. The Morgan fingerprint density at radius 2 is 2.14 bits per heavy atom. The molecule has 0 aliphatic rings. The van der Waals surface area contributed by atoms with Crippen LogP contribution in [-0.4, -0.2) is 24.7 Å². The molecule has 2 aromatic rings. The zero-order chi connectivity index (χ0) is 16.0. The summed E-state index contributed by atoms with van der Waals surface area (Å²) in [6.07, 6.45) is 3.12. The van der Waals surface area contributed by atoms with Gasteiger partial charge in [-0.05, 0) is 30.5 Å². The van der Waals surface area contributed by atoms with Crippen LogP contribution < -0.4 is 10.1 Å². The minimum atomic E-state index is -1.07. The van der Waals surface area contributed by atoms with E-state index in [2.05, 4.69) is 5.32 Å². The van der Waals surface area contributed by atoms with Gasteiger partial charge in [0.1, 0.15) is 11.4 Å². The first-order valence-electron chi connectivity index (χ1n) is 6.88. The van der Waals surface area contributed by atoms with Crippen molar-refractivity contribution in [2.24, 2.45) is 0 Å². The number of hydrogen-bond acceptors (Lipinski definition) is 4. The molecule has 0 spiro atoms. The number of aliphatic hydroxyl groups is 1. The molecule has 2 N–H and O–H groups in total. The summed E-state index contributed by atoms with van der Waals surface area (Å²) in [5.41, 5.74) is -0.243. The highest BCUT2D eigenvalue weighted by atomic mass is 32.1. The Bertz CT molecular complexity index is 648. The molecular formula is C17H19NO3S. The minimum Gasteiger partial charge on any atom is -0.496 e. The summed E-state index contributed by atoms with van der Waals surface area (Å²) in [5.74, 6) is 0.444. The summed E-state index contributed by atoms with van der Waals surface area (Å²) in [7, 11) is 1.59. The molecule has 1 amide bonds. The second-order valence-corrected chi connectivity index (χ2v) is 5.99. The number of carbonyl (C=O) groups is 1. The lowest BCUT2D eigenvalue weighted by atomic mass is 10.1. The van der Waals surface area contributed by atoms with E-state index in [1.807, 2.05) is 41.8 Å². The Morgan fingerprint density at radius 1 is 1.36 bits per heavy atom. The van der Waals surface area contributed by atoms with Gasteiger partial charge in [-0.2, -0.15) is 0 Å². The van der Waals surface area contributed by atoms with Crippen molar-refractivity contribution in [3.63, 3.8) is 0 Å². The van der Waals surface area contributed by atoms with Gasteiger partial charge < -0.3 is 15.2 Å². The molecule has 0 bridgehead atoms. The van der Waals surface area contributed by atoms with Crippen LogP contribution in [0.1, 0.15) is 17.4 Å². The summed E-state index contributed by atoms with van der Waals surface area (Å²) in [6.45, 7) is 1.84. The average Bonchev–Trinajstić information content (AvgIpc) is 3.06. The summed E-state index contributed by atoms with van der Waals surface area (Å²) >= 11 is 1.46. The third kappa shape index (κ3) is 4.19. The van der Waals surface area contributed by atoms with Gasteiger partial charge in [0, 0.05) is 16.5 Å². The van der Waals surface area contributed by atoms with Crippen molar-refractivity contribution in [1.29, 1.82) is 0 Å². The molecule has 2 rings (SSSR count). The van der Waals surface area contributed by atoms with Crippen molar-refractivity contribution in [3.05, 3.63) is 58.3 Å². The van der Waals surface area contributed by atoms with Gasteiger partial charge in [0.25, 0.3) is 0 Å². The number of carbonyl (C=O) groups excluding carboxylic acids is 1. The highest BCUT2D eigenvalue weighted by Gasteiger charge is 2.24. The zero-order valence-corrected chi connectivity index (χ0v) is 13.4. The number of methoxy groups -OCH3 is 1. The maximum Gasteiger partial charge on any atom is 0.244 e. The smallest absolute Gasteiger partial charge is 0.244 e. The average molecular weight is 317 g/mol. The molecule has 1 atom stereocenters. The standard InChI is InChI=1S/C17H19NO3S/c1-17(20,15-8-5-11-22-15)12-18-16(19)10-9-13-6-3-4-7-14(13)21-2/h3-11,20H,12H2,1-2H3,(H,18,19)/b10-9+. The fraction of sp³-hybridized carbons (Fsp3) is 0.235. The fourth-order valence-corrected chi connectivity index (χ4v) is 2.75. The zero-order valence-electron chi connectivity index (χ0n) is 12.6. The Balaban J connectivity index is 1.94. The molecule has 116 valence electrons. The summed E-state index contributed by atoms with van der Waals surface area (Å²) in [5, 5.41) is 14.9. The minimum absolute atomic E-state index is 0.155. The summed E-state index contributed by atoms with van der Waals surface area (Å²) in [4.78, 5) is 12.7. The van der Waals surface area contributed by atoms with Gasteiger partial charge in [-0.1, -0.05) is 24.3 Å². The Labute approximate surface area is 134 Å². The van der Waals surface area contributed by atoms with Crippen LogP contribution in [0.15, 0.2) is 47.9 Å². The van der Waals surface area contributed by atoms with Gasteiger partial charge in [-0.25, -0.2) is 0 Å². The molecule has 1 heterocycles. The maximum absolute atomic E-state index is 11.9. The number of thiophene rings is 1. The third-order valence-corrected chi connectivity index (χ3v) is 4.34. The van der Waals surface area contributed by atoms with Crippen LogP contribution in [0.2, 0.25) is 0 Å². The molecule has 5 heteroatoms. The van der Waals surface area contributed by atoms with Crippen LogP contribution in [0.5, 0.6) is 5.75 Å². The molecule has 0 saturated heterocycles. The topological polar surface area (TPSA) is 58.6 Å². The van der Waals surface area contributed by atoms with E-state index in [0.29, 0.717) is 5.75 Å². The molecule has 4 nitrogen and oxygen atoms in total. The van der Waals surface area contributed by atoms with Gasteiger partial charge >= 0.3 is 0 Å². The largest absolute Gasteiger partial charge is 0.496 e. The molecule has 1 aromatic carbocycles. The highest BCUT2D eigenvalue weighted by molar-refractivity contribution is 7.10. The van der Waals surface area contributed by atoms with Gasteiger partial charge in [0.15, 0.2) is 0 Å². The van der Waals surface area contributed by atoms with Crippen molar-refractivity contribution < 1.29 is 14.6 Å². The van der Waals surface area contributed by atoms with Gasteiger partial charge in [0.05, 0.1) is 13.7 Å². The van der Waals surface area contributed by atoms with Crippen LogP contribution in [-0.2, 0) is 10.4 Å². The normalized spacial score (nSPS) is 13.8. The summed E-state index contributed by atoms with van der Waals surface area (Å²) in [6, 6.07) is 11.2. The number of hydrogen-bond donors (Lipinski definition) is 2. The number of para-hydroxylation sites is 1. The van der Waals surface area contributed by atoms with Gasteiger partial charge in [0.2, 0.25) is 5.91 Å². The lowest BCUT2D eigenvalue weighted by Gasteiger charge is -2.21. The van der Waals surface area contributed by atoms with Crippen LogP contribution in [0.4, 0.5) is 0 Å². The SMILES string of the molecule is COc1ccccc1/C=C/C(=O)NCC(C)(O)c1cccs1. The van der Waals surface area contributed by atoms with E-state index in [9.17, 15) is 9.90 Å². The van der Waals surface area contributed by atoms with Gasteiger partial charge in [-0.3, -0.25) is 4.79 Å². The first-order chi connectivity index (χ1) is 10.5. The monoisotopic (exact) mass is 317 g/mol. The number of ether oxygens (including phenoxy) is 1. The molecule has 1 unspecified atom stereocenters. The second-order valence-electron chi connectivity index (χ2n) is 5.04. The molecule has 0 radical (unpaired) electrons. The quantitative estimate of drug-likeness (QED) is 0.806. The van der Waals surface area contributed by atoms with E-state index >= 15 is 0 Å². The van der Waals surface area contributed by atoms with Crippen molar-refractivity contribution in [2.75, 3.05) is 13.7 Å². The van der Waals surface area contributed by atoms with Crippen LogP contribution in [0.3, 0.4) is 0 Å². The third-order valence-electron chi connectivity index (χ3n) is 3.21. The molecule has 0 saturated carbocycles. The van der Waals surface area contributed by atoms with Crippen molar-refractivity contribution >= 4 is 23.3 Å². The molecule has 0 aliphatic carbocycles. The van der Waals surface area contributed by atoms with Crippen molar-refractivity contribution in [2.45, 2.75) is 12.5 Å². The lowest BCUT2D eigenvalue weighted by molar-refractivity contribution is -0.117. The summed E-state index contributed by atoms with van der Waals surface area (Å²) < 4.78 is 5.22. The van der Waals surface area contributed by atoms with Crippen molar-refractivity contribution in [3.8, 4) is 5.75 Å². The number of amides is 1. The van der Waals surface area contributed by atoms with E-state index in [0.717, 1.165) is 10.4 Å². The first-order valence-corrected chi connectivity index (χ1v) is 7.76. The van der Waals surface area contributed by atoms with E-state index < -0.39 is 5.60 Å². The van der Waals surface area contributed by atoms with E-state index in [1.54, 1.807) is 20.1 Å². The Kier molecular flexibility index (Phi) is 5.35. The van der Waals surface area contributed by atoms with E-state index in [-0.39, 0.29) is 12.5 Å². The molecule has 0 aliphatic heterocycles. The Morgan fingerprint density at radius 3 is 2.82 bits per heavy atom. The van der Waals surface area contributed by atoms with Crippen molar-refractivity contribution in [1.82, 2.24) is 5.32 Å². The molecule has 22 heavy (non-hydrogen) atoms. The van der Waals surface area contributed by atoms with Crippen LogP contribution in [0, 0.1) is 0 Å². The fourth-order valence-electron chi connectivity index (χ4n) is 1.96. The Hall–Kier alpha value is -2.11. The predicted octanol–water partition coefficient (Wildman–Crippen LogP) is 2.79. The number of nitrogens with one attached hydrogen (secondary N) is 1. The van der Waals surface area contributed by atoms with E-state index in [4.69, 9.17) is 4.74 Å². The molecule has 1 aromatic heterocycles. The van der Waals surface area contributed by atoms with E-state index in [1.165, 1.54) is 17.4 Å². The maximum atomic E-state index is 11.9. The van der Waals surface area contributed by atoms with Crippen LogP contribution >= 0.6 is 11.3 Å². The lowest BCUT2D eigenvalue weighted by Crippen LogP contribution is -2.37. The first kappa shape index (κ1) is 16.3. The molecule has 0 fully saturated rings. The highest BCUT2D eigenvalue weighted by Crippen LogP contribution is 2.24. The van der Waals surface area contributed by atoms with Gasteiger partial charge in [-0.15, -0.1) is 11.3 Å². The second kappa shape index (κ2) is 7.24.